The average molecular weight is 278 g/mol. The van der Waals surface area contributed by atoms with Gasteiger partial charge in [0.1, 0.15) is 29.6 Å². The van der Waals surface area contributed by atoms with Gasteiger partial charge in [0.2, 0.25) is 0 Å². The van der Waals surface area contributed by atoms with Crippen LogP contribution < -0.4 is 10.6 Å². The Labute approximate surface area is 116 Å². The van der Waals surface area contributed by atoms with Crippen LogP contribution in [0.3, 0.4) is 0 Å². The zero-order valence-corrected chi connectivity index (χ0v) is 11.2. The minimum absolute atomic E-state index is 0.232. The lowest BCUT2D eigenvalue weighted by atomic mass is 10.2. The molecule has 2 aromatic rings. The van der Waals surface area contributed by atoms with E-state index in [1.54, 1.807) is 6.07 Å². The fourth-order valence-corrected chi connectivity index (χ4v) is 1.65. The molecule has 0 aliphatic carbocycles. The lowest BCUT2D eigenvalue weighted by Crippen LogP contribution is -2.06. The highest BCUT2D eigenvalue weighted by Crippen LogP contribution is 2.13. The SMILES string of the molecule is CCCNc1cc(NCc2ccc(F)cc2F)ncn1. The molecule has 106 valence electrons. The largest absolute Gasteiger partial charge is 0.370 e. The second-order valence-electron chi connectivity index (χ2n) is 4.30. The van der Waals surface area contributed by atoms with E-state index in [0.29, 0.717) is 17.2 Å². The van der Waals surface area contributed by atoms with E-state index in [0.717, 1.165) is 19.0 Å². The number of anilines is 2. The minimum Gasteiger partial charge on any atom is -0.370 e. The van der Waals surface area contributed by atoms with Crippen LogP contribution in [0.25, 0.3) is 0 Å². The maximum atomic E-state index is 13.5. The number of hydrogen-bond donors (Lipinski definition) is 2. The number of rotatable bonds is 6. The molecule has 4 nitrogen and oxygen atoms in total. The molecule has 0 radical (unpaired) electrons. The molecule has 2 N–H and O–H groups in total. The van der Waals surface area contributed by atoms with Crippen molar-refractivity contribution < 1.29 is 8.78 Å². The van der Waals surface area contributed by atoms with Crippen molar-refractivity contribution in [2.24, 2.45) is 0 Å². The van der Waals surface area contributed by atoms with Gasteiger partial charge in [-0.15, -0.1) is 0 Å². The summed E-state index contributed by atoms with van der Waals surface area (Å²) in [5.41, 5.74) is 0.382. The van der Waals surface area contributed by atoms with Crippen LogP contribution in [0.2, 0.25) is 0 Å². The summed E-state index contributed by atoms with van der Waals surface area (Å²) in [5.74, 6) is 0.140. The Bertz CT molecular complexity index is 575. The third-order valence-electron chi connectivity index (χ3n) is 2.70. The fourth-order valence-electron chi connectivity index (χ4n) is 1.65. The van der Waals surface area contributed by atoms with Crippen molar-refractivity contribution in [3.8, 4) is 0 Å². The van der Waals surface area contributed by atoms with Crippen molar-refractivity contribution in [1.29, 1.82) is 0 Å². The highest BCUT2D eigenvalue weighted by Gasteiger charge is 2.04. The summed E-state index contributed by atoms with van der Waals surface area (Å²) in [6.07, 6.45) is 2.43. The van der Waals surface area contributed by atoms with Crippen LogP contribution in [0.15, 0.2) is 30.6 Å². The van der Waals surface area contributed by atoms with E-state index >= 15 is 0 Å². The Hall–Kier alpha value is -2.24. The normalized spacial score (nSPS) is 10.3. The topological polar surface area (TPSA) is 49.8 Å². The molecule has 0 amide bonds. The summed E-state index contributed by atoms with van der Waals surface area (Å²) >= 11 is 0. The molecule has 0 unspecified atom stereocenters. The quantitative estimate of drug-likeness (QED) is 0.852. The van der Waals surface area contributed by atoms with Gasteiger partial charge in [0.25, 0.3) is 0 Å². The predicted octanol–water partition coefficient (Wildman–Crippen LogP) is 3.19. The van der Waals surface area contributed by atoms with Crippen LogP contribution in [0.5, 0.6) is 0 Å². The summed E-state index contributed by atoms with van der Waals surface area (Å²) in [4.78, 5) is 8.13. The molecule has 1 heterocycles. The summed E-state index contributed by atoms with van der Waals surface area (Å²) in [6, 6.07) is 5.26. The van der Waals surface area contributed by atoms with Crippen LogP contribution in [-0.2, 0) is 6.54 Å². The molecule has 0 aliphatic heterocycles. The highest BCUT2D eigenvalue weighted by molar-refractivity contribution is 5.46. The average Bonchev–Trinajstić information content (AvgIpc) is 2.45. The molecule has 2 rings (SSSR count). The Morgan fingerprint density at radius 2 is 1.80 bits per heavy atom. The summed E-state index contributed by atoms with van der Waals surface area (Å²) < 4.78 is 26.3. The van der Waals surface area contributed by atoms with E-state index < -0.39 is 11.6 Å². The molecule has 0 saturated carbocycles. The predicted molar refractivity (Wildman–Crippen MR) is 74.5 cm³/mol. The summed E-state index contributed by atoms with van der Waals surface area (Å²) in [6.45, 7) is 3.12. The van der Waals surface area contributed by atoms with E-state index in [2.05, 4.69) is 27.5 Å². The molecular weight excluding hydrogens is 262 g/mol. The van der Waals surface area contributed by atoms with Crippen LogP contribution in [-0.4, -0.2) is 16.5 Å². The Morgan fingerprint density at radius 3 is 2.50 bits per heavy atom. The van der Waals surface area contributed by atoms with Crippen LogP contribution in [0.4, 0.5) is 20.4 Å². The van der Waals surface area contributed by atoms with E-state index in [1.807, 2.05) is 0 Å². The van der Waals surface area contributed by atoms with E-state index in [4.69, 9.17) is 0 Å². The molecule has 20 heavy (non-hydrogen) atoms. The second kappa shape index (κ2) is 6.79. The molecule has 0 atom stereocenters. The van der Waals surface area contributed by atoms with Gasteiger partial charge in [-0.3, -0.25) is 0 Å². The van der Waals surface area contributed by atoms with Crippen molar-refractivity contribution in [3.63, 3.8) is 0 Å². The maximum absolute atomic E-state index is 13.5. The lowest BCUT2D eigenvalue weighted by Gasteiger charge is -2.08. The molecule has 0 aliphatic rings. The number of nitrogens with one attached hydrogen (secondary N) is 2. The number of nitrogens with zero attached hydrogens (tertiary/aromatic N) is 2. The molecule has 0 saturated heterocycles. The van der Waals surface area contributed by atoms with Gasteiger partial charge in [0.05, 0.1) is 0 Å². The van der Waals surface area contributed by atoms with Crippen molar-refractivity contribution in [2.45, 2.75) is 19.9 Å². The van der Waals surface area contributed by atoms with Crippen molar-refractivity contribution in [2.75, 3.05) is 17.2 Å². The zero-order chi connectivity index (χ0) is 14.4. The van der Waals surface area contributed by atoms with Crippen LogP contribution >= 0.6 is 0 Å². The lowest BCUT2D eigenvalue weighted by molar-refractivity contribution is 0.574. The first-order chi connectivity index (χ1) is 9.69. The van der Waals surface area contributed by atoms with Gasteiger partial charge in [-0.2, -0.15) is 0 Å². The van der Waals surface area contributed by atoms with Crippen molar-refractivity contribution in [1.82, 2.24) is 9.97 Å². The second-order valence-corrected chi connectivity index (χ2v) is 4.30. The first-order valence-electron chi connectivity index (χ1n) is 6.42. The summed E-state index contributed by atoms with van der Waals surface area (Å²) in [7, 11) is 0. The third kappa shape index (κ3) is 3.88. The van der Waals surface area contributed by atoms with Gasteiger partial charge in [0.15, 0.2) is 0 Å². The van der Waals surface area contributed by atoms with Gasteiger partial charge in [-0.1, -0.05) is 13.0 Å². The number of hydrogen-bond acceptors (Lipinski definition) is 4. The van der Waals surface area contributed by atoms with Gasteiger partial charge in [-0.25, -0.2) is 18.7 Å². The van der Waals surface area contributed by atoms with Gasteiger partial charge >= 0.3 is 0 Å². The number of aromatic nitrogens is 2. The van der Waals surface area contributed by atoms with Gasteiger partial charge in [0, 0.05) is 30.8 Å². The fraction of sp³-hybridized carbons (Fsp3) is 0.286. The molecule has 1 aromatic carbocycles. The zero-order valence-electron chi connectivity index (χ0n) is 11.2. The van der Waals surface area contributed by atoms with E-state index in [9.17, 15) is 8.78 Å². The highest BCUT2D eigenvalue weighted by atomic mass is 19.1. The molecule has 0 fully saturated rings. The third-order valence-corrected chi connectivity index (χ3v) is 2.70. The van der Waals surface area contributed by atoms with Gasteiger partial charge in [-0.05, 0) is 12.5 Å². The van der Waals surface area contributed by atoms with Crippen LogP contribution in [0, 0.1) is 11.6 Å². The maximum Gasteiger partial charge on any atom is 0.131 e. The Balaban J connectivity index is 1.99. The molecule has 6 heteroatoms. The van der Waals surface area contributed by atoms with Crippen LogP contribution in [0.1, 0.15) is 18.9 Å². The molecule has 0 bridgehead atoms. The molecule has 0 spiro atoms. The smallest absolute Gasteiger partial charge is 0.131 e. The number of benzene rings is 1. The monoisotopic (exact) mass is 278 g/mol. The Morgan fingerprint density at radius 1 is 1.05 bits per heavy atom. The molecule has 1 aromatic heterocycles. The minimum atomic E-state index is -0.584. The Kier molecular flexibility index (Phi) is 4.81. The van der Waals surface area contributed by atoms with E-state index in [-0.39, 0.29) is 6.54 Å². The standard InChI is InChI=1S/C14H16F2N4/c1-2-5-17-13-7-14(20-9-19-13)18-8-10-3-4-11(15)6-12(10)16/h3-4,6-7,9H,2,5,8H2,1H3,(H2,17,18,19,20). The molecular formula is C14H16F2N4. The van der Waals surface area contributed by atoms with Gasteiger partial charge < -0.3 is 10.6 Å². The van der Waals surface area contributed by atoms with Crippen molar-refractivity contribution >= 4 is 11.6 Å². The number of halogens is 2. The van der Waals surface area contributed by atoms with Crippen molar-refractivity contribution in [3.05, 3.63) is 47.8 Å². The first kappa shape index (κ1) is 14.2. The summed E-state index contributed by atoms with van der Waals surface area (Å²) in [5, 5.41) is 6.12. The first-order valence-corrected chi connectivity index (χ1v) is 6.42. The van der Waals surface area contributed by atoms with E-state index in [1.165, 1.54) is 18.5 Å².